The lowest BCUT2D eigenvalue weighted by Gasteiger charge is -2.11. The van der Waals surface area contributed by atoms with Gasteiger partial charge in [-0.25, -0.2) is 0 Å². The molecule has 0 radical (unpaired) electrons. The van der Waals surface area contributed by atoms with E-state index in [1.807, 2.05) is 0 Å². The van der Waals surface area contributed by atoms with Crippen molar-refractivity contribution in [3.8, 4) is 5.75 Å². The third-order valence-corrected chi connectivity index (χ3v) is 3.79. The van der Waals surface area contributed by atoms with Crippen molar-refractivity contribution in [3.05, 3.63) is 66.2 Å². The fraction of sp³-hybridized carbons (Fsp3) is 0. The van der Waals surface area contributed by atoms with E-state index >= 15 is 0 Å². The number of aromatic hydroxyl groups is 1. The van der Waals surface area contributed by atoms with Gasteiger partial charge in [-0.05, 0) is 24.3 Å². The maximum Gasteiger partial charge on any atom is 0.314 e. The molecule has 3 aromatic rings. The Kier molecular flexibility index (Phi) is 4.53. The number of primary amides is 1. The number of rotatable bonds is 3. The first-order valence-corrected chi connectivity index (χ1v) is 7.69. The quantitative estimate of drug-likeness (QED) is 0.542. The van der Waals surface area contributed by atoms with Crippen LogP contribution in [0, 0.1) is 0 Å². The molecule has 3 amide bonds. The van der Waals surface area contributed by atoms with Gasteiger partial charge in [-0.2, -0.15) is 0 Å². The maximum absolute atomic E-state index is 12.2. The predicted octanol–water partition coefficient (Wildman–Crippen LogP) is 2.22. The van der Waals surface area contributed by atoms with Crippen LogP contribution in [0.5, 0.6) is 5.75 Å². The average molecular weight is 349 g/mol. The topological polar surface area (TPSA) is 122 Å². The van der Waals surface area contributed by atoms with Gasteiger partial charge in [-0.1, -0.05) is 36.4 Å². The number of amides is 3. The molecule has 0 aromatic heterocycles. The lowest BCUT2D eigenvalue weighted by atomic mass is 10.1. The second-order valence-corrected chi connectivity index (χ2v) is 5.50. The van der Waals surface area contributed by atoms with Crippen molar-refractivity contribution in [3.63, 3.8) is 0 Å². The summed E-state index contributed by atoms with van der Waals surface area (Å²) in [4.78, 5) is 35.8. The Bertz CT molecular complexity index is 1030. The summed E-state index contributed by atoms with van der Waals surface area (Å²) >= 11 is 0. The molecule has 0 saturated heterocycles. The molecule has 0 unspecified atom stereocenters. The maximum atomic E-state index is 12.2. The number of phenolic OH excluding ortho intramolecular Hbond substituents is 1. The minimum absolute atomic E-state index is 0.0680. The summed E-state index contributed by atoms with van der Waals surface area (Å²) in [5.41, 5.74) is 5.88. The van der Waals surface area contributed by atoms with Crippen molar-refractivity contribution in [2.45, 2.75) is 0 Å². The van der Waals surface area contributed by atoms with Gasteiger partial charge in [-0.3, -0.25) is 14.4 Å². The van der Waals surface area contributed by atoms with E-state index in [9.17, 15) is 19.5 Å². The zero-order valence-corrected chi connectivity index (χ0v) is 13.5. The number of carbonyl (C=O) groups excluding carboxylic acids is 3. The molecule has 7 heteroatoms. The number of hydrogen-bond donors (Lipinski definition) is 4. The van der Waals surface area contributed by atoms with Crippen LogP contribution in [0.15, 0.2) is 60.7 Å². The monoisotopic (exact) mass is 349 g/mol. The largest absolute Gasteiger partial charge is 0.507 e. The minimum atomic E-state index is -0.948. The van der Waals surface area contributed by atoms with Gasteiger partial charge in [0.25, 0.3) is 5.91 Å². The summed E-state index contributed by atoms with van der Waals surface area (Å²) in [5, 5.41) is 15.9. The molecular formula is C19H15N3O4. The highest BCUT2D eigenvalue weighted by Gasteiger charge is 2.18. The second-order valence-electron chi connectivity index (χ2n) is 5.50. The molecule has 26 heavy (non-hydrogen) atoms. The van der Waals surface area contributed by atoms with Crippen LogP contribution in [0.2, 0.25) is 0 Å². The summed E-state index contributed by atoms with van der Waals surface area (Å²) in [5.74, 6) is -2.51. The van der Waals surface area contributed by atoms with Crippen molar-refractivity contribution in [2.24, 2.45) is 5.73 Å². The Morgan fingerprint density at radius 3 is 2.04 bits per heavy atom. The van der Waals surface area contributed by atoms with E-state index in [1.165, 1.54) is 18.2 Å². The summed E-state index contributed by atoms with van der Waals surface area (Å²) in [7, 11) is 0. The number of carbonyl (C=O) groups is 3. The number of nitrogens with two attached hydrogens (primary N) is 1. The molecule has 0 atom stereocenters. The summed E-state index contributed by atoms with van der Waals surface area (Å²) in [6.45, 7) is 0. The Labute approximate surface area is 148 Å². The van der Waals surface area contributed by atoms with Crippen LogP contribution in [-0.4, -0.2) is 22.8 Å². The van der Waals surface area contributed by atoms with Crippen LogP contribution < -0.4 is 16.4 Å². The zero-order valence-electron chi connectivity index (χ0n) is 13.5. The van der Waals surface area contributed by atoms with Gasteiger partial charge >= 0.3 is 11.8 Å². The highest BCUT2D eigenvalue weighted by atomic mass is 16.3. The molecule has 3 aromatic carbocycles. The summed E-state index contributed by atoms with van der Waals surface area (Å²) in [6.07, 6.45) is 0. The number of benzene rings is 3. The van der Waals surface area contributed by atoms with Crippen molar-refractivity contribution in [1.82, 2.24) is 0 Å². The van der Waals surface area contributed by atoms with Gasteiger partial charge in [0.05, 0.1) is 11.3 Å². The van der Waals surface area contributed by atoms with E-state index in [-0.39, 0.29) is 17.0 Å². The van der Waals surface area contributed by atoms with Crippen molar-refractivity contribution >= 4 is 39.9 Å². The second kappa shape index (κ2) is 6.94. The molecule has 0 aliphatic carbocycles. The number of nitrogens with one attached hydrogen (secondary N) is 2. The fourth-order valence-electron chi connectivity index (χ4n) is 2.57. The molecule has 0 saturated carbocycles. The zero-order chi connectivity index (χ0) is 18.7. The third-order valence-electron chi connectivity index (χ3n) is 3.79. The Morgan fingerprint density at radius 2 is 1.31 bits per heavy atom. The molecular weight excluding hydrogens is 334 g/mol. The van der Waals surface area contributed by atoms with E-state index in [2.05, 4.69) is 10.6 Å². The van der Waals surface area contributed by atoms with E-state index < -0.39 is 17.7 Å². The number of fused-ring (bicyclic) bond motifs is 1. The van der Waals surface area contributed by atoms with Gasteiger partial charge in [0.15, 0.2) is 0 Å². The van der Waals surface area contributed by atoms with Crippen LogP contribution in [-0.2, 0) is 9.59 Å². The number of phenols is 1. The molecule has 7 nitrogen and oxygen atoms in total. The van der Waals surface area contributed by atoms with E-state index in [0.29, 0.717) is 16.5 Å². The Morgan fingerprint density at radius 1 is 0.731 bits per heavy atom. The average Bonchev–Trinajstić information content (AvgIpc) is 2.63. The van der Waals surface area contributed by atoms with E-state index in [4.69, 9.17) is 5.73 Å². The Hall–Kier alpha value is -3.87. The highest BCUT2D eigenvalue weighted by Crippen LogP contribution is 2.29. The van der Waals surface area contributed by atoms with Crippen molar-refractivity contribution in [1.29, 1.82) is 0 Å². The van der Waals surface area contributed by atoms with Crippen LogP contribution in [0.4, 0.5) is 11.4 Å². The predicted molar refractivity (Wildman–Crippen MR) is 97.8 cm³/mol. The molecule has 0 aliphatic heterocycles. The van der Waals surface area contributed by atoms with Gasteiger partial charge in [0.1, 0.15) is 5.75 Å². The molecule has 130 valence electrons. The molecule has 3 rings (SSSR count). The normalized spacial score (nSPS) is 10.3. The third kappa shape index (κ3) is 3.32. The van der Waals surface area contributed by atoms with Crippen LogP contribution in [0.25, 0.3) is 10.8 Å². The molecule has 0 fully saturated rings. The van der Waals surface area contributed by atoms with Gasteiger partial charge in [0.2, 0.25) is 0 Å². The lowest BCUT2D eigenvalue weighted by Crippen LogP contribution is -2.30. The first kappa shape index (κ1) is 17.0. The fourth-order valence-corrected chi connectivity index (χ4v) is 2.57. The first-order chi connectivity index (χ1) is 12.5. The summed E-state index contributed by atoms with van der Waals surface area (Å²) < 4.78 is 0. The van der Waals surface area contributed by atoms with E-state index in [0.717, 1.165) is 0 Å². The summed E-state index contributed by atoms with van der Waals surface area (Å²) in [6, 6.07) is 16.0. The molecule has 0 aliphatic rings. The van der Waals surface area contributed by atoms with Gasteiger partial charge in [0, 0.05) is 16.5 Å². The van der Waals surface area contributed by atoms with E-state index in [1.54, 1.807) is 42.5 Å². The Balaban J connectivity index is 1.82. The number of para-hydroxylation sites is 1. The minimum Gasteiger partial charge on any atom is -0.507 e. The standard InChI is InChI=1S/C19H15N3O4/c20-17(24)13-5-1-2-8-15(13)22-19(26)18(25)21-14-9-3-7-12-11(14)6-4-10-16(12)23/h1-10,23H,(H2,20,24)(H,21,25)(H,22,26). The molecule has 0 heterocycles. The molecule has 0 bridgehead atoms. The van der Waals surface area contributed by atoms with Crippen molar-refractivity contribution < 1.29 is 19.5 Å². The molecule has 5 N–H and O–H groups in total. The first-order valence-electron chi connectivity index (χ1n) is 7.69. The lowest BCUT2D eigenvalue weighted by molar-refractivity contribution is -0.132. The SMILES string of the molecule is NC(=O)c1ccccc1NC(=O)C(=O)Nc1cccc2c(O)cccc12. The van der Waals surface area contributed by atoms with Crippen LogP contribution in [0.3, 0.4) is 0 Å². The molecule has 0 spiro atoms. The van der Waals surface area contributed by atoms with Crippen LogP contribution in [0.1, 0.15) is 10.4 Å². The number of hydrogen-bond acceptors (Lipinski definition) is 4. The van der Waals surface area contributed by atoms with Crippen LogP contribution >= 0.6 is 0 Å². The van der Waals surface area contributed by atoms with Gasteiger partial charge < -0.3 is 21.5 Å². The van der Waals surface area contributed by atoms with Crippen molar-refractivity contribution in [2.75, 3.05) is 10.6 Å². The number of anilines is 2. The highest BCUT2D eigenvalue weighted by molar-refractivity contribution is 6.44. The van der Waals surface area contributed by atoms with Gasteiger partial charge in [-0.15, -0.1) is 0 Å². The smallest absolute Gasteiger partial charge is 0.314 e.